The summed E-state index contributed by atoms with van der Waals surface area (Å²) in [5.74, 6) is 4.92. The van der Waals surface area contributed by atoms with Crippen molar-refractivity contribution in [2.75, 3.05) is 0 Å². The summed E-state index contributed by atoms with van der Waals surface area (Å²) >= 11 is 0. The van der Waals surface area contributed by atoms with Crippen LogP contribution >= 0.6 is 0 Å². The van der Waals surface area contributed by atoms with Crippen LogP contribution in [0.2, 0.25) is 0 Å². The van der Waals surface area contributed by atoms with E-state index < -0.39 is 6.17 Å². The molecule has 170 valence electrons. The first-order valence-corrected chi connectivity index (χ1v) is 12.9. The molecule has 0 N–H and O–H groups in total. The van der Waals surface area contributed by atoms with Crippen molar-refractivity contribution < 1.29 is 9.18 Å². The van der Waals surface area contributed by atoms with Gasteiger partial charge in [-0.05, 0) is 97.2 Å². The van der Waals surface area contributed by atoms with Gasteiger partial charge in [-0.15, -0.1) is 0 Å². The van der Waals surface area contributed by atoms with Gasteiger partial charge in [0, 0.05) is 12.3 Å². The van der Waals surface area contributed by atoms with E-state index >= 15 is 0 Å². The first-order valence-electron chi connectivity index (χ1n) is 12.9. The van der Waals surface area contributed by atoms with Crippen LogP contribution in [0.5, 0.6) is 0 Å². The van der Waals surface area contributed by atoms with Gasteiger partial charge in [0.05, 0.1) is 0 Å². The van der Waals surface area contributed by atoms with Crippen molar-refractivity contribution in [3.63, 3.8) is 0 Å². The number of Topliss-reactive ketones (excluding diaryl/α,β-unsaturated/α-hetero) is 1. The van der Waals surface area contributed by atoms with E-state index in [4.69, 9.17) is 0 Å². The molecule has 4 aliphatic rings. The summed E-state index contributed by atoms with van der Waals surface area (Å²) in [7, 11) is 0. The van der Waals surface area contributed by atoms with Gasteiger partial charge in [-0.2, -0.15) is 0 Å². The summed E-state index contributed by atoms with van der Waals surface area (Å²) in [6.45, 7) is 14.3. The van der Waals surface area contributed by atoms with Crippen molar-refractivity contribution in [1.82, 2.24) is 0 Å². The lowest BCUT2D eigenvalue weighted by Gasteiger charge is -2.60. The number of carbonyl (C=O) groups is 1. The molecule has 0 bridgehead atoms. The molecule has 4 aliphatic carbocycles. The lowest BCUT2D eigenvalue weighted by molar-refractivity contribution is -0.157. The van der Waals surface area contributed by atoms with Gasteiger partial charge in [-0.3, -0.25) is 4.79 Å². The highest BCUT2D eigenvalue weighted by molar-refractivity contribution is 5.83. The van der Waals surface area contributed by atoms with E-state index in [1.165, 1.54) is 25.7 Å². The molecule has 0 aliphatic heterocycles. The number of hydrogen-bond acceptors (Lipinski definition) is 1. The number of allylic oxidation sites excluding steroid dienone is 2. The van der Waals surface area contributed by atoms with Gasteiger partial charge < -0.3 is 0 Å². The predicted octanol–water partition coefficient (Wildman–Crippen LogP) is 7.65. The molecule has 10 atom stereocenters. The fourth-order valence-electron chi connectivity index (χ4n) is 8.60. The Balaban J connectivity index is 1.54. The van der Waals surface area contributed by atoms with E-state index in [1.54, 1.807) is 0 Å². The van der Waals surface area contributed by atoms with Gasteiger partial charge in [0.25, 0.3) is 0 Å². The third kappa shape index (κ3) is 3.53. The van der Waals surface area contributed by atoms with Gasteiger partial charge in [-0.25, -0.2) is 4.39 Å². The second-order valence-corrected chi connectivity index (χ2v) is 12.6. The molecule has 0 unspecified atom stereocenters. The molecule has 0 aromatic heterocycles. The topological polar surface area (TPSA) is 17.1 Å². The van der Waals surface area contributed by atoms with Gasteiger partial charge in [0.1, 0.15) is 12.0 Å². The van der Waals surface area contributed by atoms with E-state index in [2.05, 4.69) is 53.7 Å². The average molecular weight is 417 g/mol. The number of halogens is 1. The van der Waals surface area contributed by atoms with Crippen molar-refractivity contribution in [2.45, 2.75) is 99.1 Å². The maximum absolute atomic E-state index is 14.2. The second kappa shape index (κ2) is 8.04. The van der Waals surface area contributed by atoms with E-state index in [0.717, 1.165) is 18.8 Å². The SMILES string of the molecule is CC(C)[C@@H](C)/C=C/[C@@H](C)[C@H]1CC[C@H]2[C@@H]3CC(=O)[C@H]4C[C@H](F)CC[C@]4(C)[C@H]3CC[C@]12C. The van der Waals surface area contributed by atoms with Crippen molar-refractivity contribution in [3.8, 4) is 0 Å². The monoisotopic (exact) mass is 416 g/mol. The summed E-state index contributed by atoms with van der Waals surface area (Å²) < 4.78 is 14.2. The molecule has 2 heteroatoms. The maximum atomic E-state index is 14.2. The van der Waals surface area contributed by atoms with Gasteiger partial charge in [-0.1, -0.05) is 53.7 Å². The molecule has 0 aromatic carbocycles. The van der Waals surface area contributed by atoms with Crippen LogP contribution in [0.1, 0.15) is 92.9 Å². The van der Waals surface area contributed by atoms with Crippen LogP contribution in [0.15, 0.2) is 12.2 Å². The maximum Gasteiger partial charge on any atom is 0.136 e. The summed E-state index contributed by atoms with van der Waals surface area (Å²) in [6, 6.07) is 0. The van der Waals surface area contributed by atoms with Crippen LogP contribution in [0.4, 0.5) is 4.39 Å². The van der Waals surface area contributed by atoms with Crippen LogP contribution in [0, 0.1) is 58.2 Å². The average Bonchev–Trinajstić information content (AvgIpc) is 3.04. The third-order valence-corrected chi connectivity index (χ3v) is 10.9. The van der Waals surface area contributed by atoms with Crippen LogP contribution in [-0.4, -0.2) is 12.0 Å². The zero-order valence-corrected chi connectivity index (χ0v) is 20.3. The van der Waals surface area contributed by atoms with Crippen LogP contribution in [0.25, 0.3) is 0 Å². The molecular formula is C28H45FO. The lowest BCUT2D eigenvalue weighted by Crippen LogP contribution is -2.56. The van der Waals surface area contributed by atoms with Crippen LogP contribution < -0.4 is 0 Å². The fraction of sp³-hybridized carbons (Fsp3) is 0.893. The zero-order valence-electron chi connectivity index (χ0n) is 20.3. The first-order chi connectivity index (χ1) is 14.1. The number of hydrogen-bond donors (Lipinski definition) is 0. The largest absolute Gasteiger partial charge is 0.299 e. The molecule has 1 nitrogen and oxygen atoms in total. The summed E-state index contributed by atoms with van der Waals surface area (Å²) in [5, 5.41) is 0. The van der Waals surface area contributed by atoms with E-state index in [9.17, 15) is 9.18 Å². The molecule has 0 spiro atoms. The van der Waals surface area contributed by atoms with Gasteiger partial charge >= 0.3 is 0 Å². The minimum atomic E-state index is -0.755. The highest BCUT2D eigenvalue weighted by atomic mass is 19.1. The normalized spacial score (nSPS) is 48.3. The summed E-state index contributed by atoms with van der Waals surface area (Å²) in [6.07, 6.45) is 12.2. The Morgan fingerprint density at radius 3 is 2.30 bits per heavy atom. The fourth-order valence-corrected chi connectivity index (χ4v) is 8.60. The molecular weight excluding hydrogens is 371 g/mol. The number of fused-ring (bicyclic) bond motifs is 5. The van der Waals surface area contributed by atoms with Crippen molar-refractivity contribution in [3.05, 3.63) is 12.2 Å². The highest BCUT2D eigenvalue weighted by Gasteiger charge is 2.62. The molecule has 4 fully saturated rings. The Hall–Kier alpha value is -0.660. The zero-order chi connectivity index (χ0) is 21.8. The van der Waals surface area contributed by atoms with E-state index in [-0.39, 0.29) is 11.3 Å². The number of alkyl halides is 1. The second-order valence-electron chi connectivity index (χ2n) is 12.6. The molecule has 0 saturated heterocycles. The van der Waals surface area contributed by atoms with Crippen molar-refractivity contribution in [1.29, 1.82) is 0 Å². The molecule has 4 saturated carbocycles. The molecule has 0 heterocycles. The van der Waals surface area contributed by atoms with Gasteiger partial charge in [0.2, 0.25) is 0 Å². The Morgan fingerprint density at radius 2 is 1.60 bits per heavy atom. The Bertz CT molecular complexity index is 682. The van der Waals surface area contributed by atoms with E-state index in [0.29, 0.717) is 59.5 Å². The minimum Gasteiger partial charge on any atom is -0.299 e. The van der Waals surface area contributed by atoms with Crippen molar-refractivity contribution >= 4 is 5.78 Å². The Kier molecular flexibility index (Phi) is 6.04. The minimum absolute atomic E-state index is 0.0107. The smallest absolute Gasteiger partial charge is 0.136 e. The molecule has 0 amide bonds. The quantitative estimate of drug-likeness (QED) is 0.430. The number of carbonyl (C=O) groups excluding carboxylic acids is 1. The lowest BCUT2D eigenvalue weighted by atomic mass is 9.44. The molecule has 0 radical (unpaired) electrons. The Labute approximate surface area is 184 Å². The molecule has 0 aromatic rings. The number of rotatable bonds is 4. The van der Waals surface area contributed by atoms with Crippen molar-refractivity contribution in [2.24, 2.45) is 58.2 Å². The van der Waals surface area contributed by atoms with Crippen LogP contribution in [-0.2, 0) is 4.79 Å². The van der Waals surface area contributed by atoms with Crippen LogP contribution in [0.3, 0.4) is 0 Å². The van der Waals surface area contributed by atoms with Gasteiger partial charge in [0.15, 0.2) is 0 Å². The summed E-state index contributed by atoms with van der Waals surface area (Å²) in [4.78, 5) is 13.2. The third-order valence-electron chi connectivity index (χ3n) is 10.9. The standard InChI is InChI=1S/C28H45FO/c1-17(2)18(3)7-8-19(4)22-9-10-23-21-16-26(30)25-15-20(29)11-13-28(25,6)24(21)12-14-27(22,23)5/h7-8,17-25H,9-16H2,1-6H3/b8-7+/t18-,19+,20+,21-,22+,23-,24-,25+,27+,28+/m0/s1. The predicted molar refractivity (Wildman–Crippen MR) is 123 cm³/mol. The first kappa shape index (κ1) is 22.5. The summed E-state index contributed by atoms with van der Waals surface area (Å²) in [5.41, 5.74) is 0.424. The highest BCUT2D eigenvalue weighted by Crippen LogP contribution is 2.67. The molecule has 4 rings (SSSR count). The Morgan fingerprint density at radius 1 is 0.933 bits per heavy atom. The number of ketones is 1. The molecule has 30 heavy (non-hydrogen) atoms. The van der Waals surface area contributed by atoms with E-state index in [1.807, 2.05) is 0 Å².